The van der Waals surface area contributed by atoms with E-state index in [0.29, 0.717) is 0 Å². The van der Waals surface area contributed by atoms with Gasteiger partial charge in [0.15, 0.2) is 0 Å². The van der Waals surface area contributed by atoms with Gasteiger partial charge in [-0.1, -0.05) is 90.9 Å². The molecule has 1 nitrogen and oxygen atoms in total. The molecule has 2 aliphatic carbocycles. The molecule has 0 spiro atoms. The summed E-state index contributed by atoms with van der Waals surface area (Å²) in [6.07, 6.45) is 26.1. The maximum absolute atomic E-state index is 9.82. The number of hydrogen-bond donors (Lipinski definition) is 0. The highest BCUT2D eigenvalue weighted by molar-refractivity contribution is 5.02. The molecule has 27 heavy (non-hydrogen) atoms. The molecule has 0 aromatic carbocycles. The third-order valence-electron chi connectivity index (χ3n) is 8.01. The van der Waals surface area contributed by atoms with E-state index in [0.717, 1.165) is 17.8 Å². The first-order chi connectivity index (χ1) is 13.2. The summed E-state index contributed by atoms with van der Waals surface area (Å²) < 4.78 is 0. The molecule has 2 fully saturated rings. The first-order valence-electron chi connectivity index (χ1n) is 12.6. The molecule has 0 amide bonds. The van der Waals surface area contributed by atoms with Crippen LogP contribution in [-0.4, -0.2) is 0 Å². The first kappa shape index (κ1) is 22.8. The van der Waals surface area contributed by atoms with E-state index in [1.54, 1.807) is 0 Å². The van der Waals surface area contributed by atoms with Crippen LogP contribution in [0.1, 0.15) is 136 Å². The Hall–Kier alpha value is -0.510. The molecule has 2 saturated carbocycles. The van der Waals surface area contributed by atoms with Crippen molar-refractivity contribution in [1.29, 1.82) is 5.26 Å². The molecule has 1 heteroatoms. The van der Waals surface area contributed by atoms with Crippen LogP contribution in [0.25, 0.3) is 0 Å². The summed E-state index contributed by atoms with van der Waals surface area (Å²) in [5.74, 6) is 2.95. The van der Waals surface area contributed by atoms with E-state index in [-0.39, 0.29) is 5.41 Å². The summed E-state index contributed by atoms with van der Waals surface area (Å²) in [6.45, 7) is 4.58. The number of hydrogen-bond acceptors (Lipinski definition) is 1. The Labute approximate surface area is 170 Å². The highest BCUT2D eigenvalue weighted by Gasteiger charge is 2.38. The van der Waals surface area contributed by atoms with Gasteiger partial charge >= 0.3 is 0 Å². The van der Waals surface area contributed by atoms with Crippen LogP contribution in [0.2, 0.25) is 0 Å². The average Bonchev–Trinajstić information content (AvgIpc) is 2.72. The Morgan fingerprint density at radius 2 is 1.26 bits per heavy atom. The predicted octanol–water partition coefficient (Wildman–Crippen LogP) is 8.82. The van der Waals surface area contributed by atoms with Gasteiger partial charge in [0.1, 0.15) is 0 Å². The molecule has 0 bridgehead atoms. The van der Waals surface area contributed by atoms with Gasteiger partial charge in [0, 0.05) is 0 Å². The normalized spacial score (nSPS) is 31.5. The molecule has 0 atom stereocenters. The fraction of sp³-hybridized carbons (Fsp3) is 0.962. The summed E-state index contributed by atoms with van der Waals surface area (Å²) in [4.78, 5) is 0. The molecular formula is C26H47N. The van der Waals surface area contributed by atoms with Crippen LogP contribution in [-0.2, 0) is 0 Å². The Morgan fingerprint density at radius 1 is 0.704 bits per heavy atom. The third-order valence-corrected chi connectivity index (χ3v) is 8.01. The molecule has 0 heterocycles. The van der Waals surface area contributed by atoms with E-state index in [1.807, 2.05) is 0 Å². The number of unbranched alkanes of at least 4 members (excludes halogenated alkanes) is 7. The van der Waals surface area contributed by atoms with Crippen molar-refractivity contribution in [2.24, 2.45) is 23.2 Å². The second kappa shape index (κ2) is 12.9. The van der Waals surface area contributed by atoms with E-state index >= 15 is 0 Å². The Kier molecular flexibility index (Phi) is 10.8. The fourth-order valence-electron chi connectivity index (χ4n) is 5.96. The van der Waals surface area contributed by atoms with Gasteiger partial charge in [-0.3, -0.25) is 0 Å². The van der Waals surface area contributed by atoms with E-state index in [9.17, 15) is 5.26 Å². The monoisotopic (exact) mass is 373 g/mol. The van der Waals surface area contributed by atoms with Crippen LogP contribution >= 0.6 is 0 Å². The van der Waals surface area contributed by atoms with Crippen molar-refractivity contribution < 1.29 is 0 Å². The lowest BCUT2D eigenvalue weighted by atomic mass is 9.63. The van der Waals surface area contributed by atoms with Crippen LogP contribution in [0.3, 0.4) is 0 Å². The van der Waals surface area contributed by atoms with Gasteiger partial charge in [-0.15, -0.1) is 0 Å². The standard InChI is InChI=1S/C26H47N/c1-3-5-7-9-10-12-23-13-15-24(16-14-23)25-17-20-26(22-27,21-18-25)19-11-8-6-4-2/h23-25H,3-21H2,1-2H3. The smallest absolute Gasteiger partial charge is 0.0689 e. The van der Waals surface area contributed by atoms with Gasteiger partial charge in [0.05, 0.1) is 11.5 Å². The van der Waals surface area contributed by atoms with Gasteiger partial charge in [-0.25, -0.2) is 0 Å². The molecule has 156 valence electrons. The van der Waals surface area contributed by atoms with Crippen LogP contribution in [0.15, 0.2) is 0 Å². The quantitative estimate of drug-likeness (QED) is 0.313. The van der Waals surface area contributed by atoms with Crippen LogP contribution in [0.4, 0.5) is 0 Å². The molecule has 0 N–H and O–H groups in total. The van der Waals surface area contributed by atoms with Crippen LogP contribution < -0.4 is 0 Å². The minimum Gasteiger partial charge on any atom is -0.198 e. The lowest BCUT2D eigenvalue weighted by Gasteiger charge is -2.41. The van der Waals surface area contributed by atoms with Crippen molar-refractivity contribution >= 4 is 0 Å². The summed E-state index contributed by atoms with van der Waals surface area (Å²) in [7, 11) is 0. The highest BCUT2D eigenvalue weighted by atomic mass is 14.4. The maximum Gasteiger partial charge on any atom is 0.0689 e. The summed E-state index contributed by atoms with van der Waals surface area (Å²) in [5, 5.41) is 9.82. The minimum absolute atomic E-state index is 0.0416. The van der Waals surface area contributed by atoms with Crippen molar-refractivity contribution in [3.63, 3.8) is 0 Å². The Balaban J connectivity index is 1.63. The average molecular weight is 374 g/mol. The molecule has 2 aliphatic rings. The first-order valence-corrected chi connectivity index (χ1v) is 12.6. The molecular weight excluding hydrogens is 326 g/mol. The molecule has 0 aromatic rings. The van der Waals surface area contributed by atoms with Gasteiger partial charge < -0.3 is 0 Å². The van der Waals surface area contributed by atoms with E-state index < -0.39 is 0 Å². The number of nitriles is 1. The van der Waals surface area contributed by atoms with Crippen molar-refractivity contribution in [2.75, 3.05) is 0 Å². The Morgan fingerprint density at radius 3 is 1.85 bits per heavy atom. The van der Waals surface area contributed by atoms with Gasteiger partial charge in [0.25, 0.3) is 0 Å². The third kappa shape index (κ3) is 7.79. The van der Waals surface area contributed by atoms with E-state index in [4.69, 9.17) is 0 Å². The zero-order valence-corrected chi connectivity index (χ0v) is 18.6. The lowest BCUT2D eigenvalue weighted by Crippen LogP contribution is -2.31. The predicted molar refractivity (Wildman–Crippen MR) is 118 cm³/mol. The molecule has 0 aliphatic heterocycles. The summed E-state index contributed by atoms with van der Waals surface area (Å²) in [6, 6.07) is 2.76. The van der Waals surface area contributed by atoms with E-state index in [2.05, 4.69) is 19.9 Å². The van der Waals surface area contributed by atoms with Gasteiger partial charge in [-0.2, -0.15) is 5.26 Å². The minimum atomic E-state index is 0.0416. The second-order valence-electron chi connectivity index (χ2n) is 10.0. The zero-order chi connectivity index (χ0) is 19.4. The lowest BCUT2D eigenvalue weighted by molar-refractivity contribution is 0.114. The van der Waals surface area contributed by atoms with Crippen molar-refractivity contribution in [1.82, 2.24) is 0 Å². The maximum atomic E-state index is 9.82. The largest absolute Gasteiger partial charge is 0.198 e. The second-order valence-corrected chi connectivity index (χ2v) is 10.0. The summed E-state index contributed by atoms with van der Waals surface area (Å²) in [5.41, 5.74) is 0.0416. The van der Waals surface area contributed by atoms with Crippen molar-refractivity contribution in [3.8, 4) is 6.07 Å². The van der Waals surface area contributed by atoms with E-state index in [1.165, 1.54) is 122 Å². The topological polar surface area (TPSA) is 23.8 Å². The van der Waals surface area contributed by atoms with Crippen LogP contribution in [0.5, 0.6) is 0 Å². The number of nitrogens with zero attached hydrogens (tertiary/aromatic N) is 1. The SMILES string of the molecule is CCCCCCCC1CCC(C2CCC(C#N)(CCCCCC)CC2)CC1. The van der Waals surface area contributed by atoms with Crippen molar-refractivity contribution in [2.45, 2.75) is 136 Å². The molecule has 0 saturated heterocycles. The number of rotatable bonds is 12. The van der Waals surface area contributed by atoms with Crippen LogP contribution in [0, 0.1) is 34.5 Å². The molecule has 0 radical (unpaired) electrons. The molecule has 2 rings (SSSR count). The van der Waals surface area contributed by atoms with Crippen molar-refractivity contribution in [3.05, 3.63) is 0 Å². The van der Waals surface area contributed by atoms with Gasteiger partial charge in [0.2, 0.25) is 0 Å². The highest BCUT2D eigenvalue weighted by Crippen LogP contribution is 2.47. The Bertz CT molecular complexity index is 404. The van der Waals surface area contributed by atoms with Gasteiger partial charge in [-0.05, 0) is 62.7 Å². The molecule has 0 unspecified atom stereocenters. The summed E-state index contributed by atoms with van der Waals surface area (Å²) >= 11 is 0. The zero-order valence-electron chi connectivity index (χ0n) is 18.6. The fourth-order valence-corrected chi connectivity index (χ4v) is 5.96. The molecule has 0 aromatic heterocycles.